The molecule has 0 radical (unpaired) electrons. The smallest absolute Gasteiger partial charge is 0.278 e. The normalized spacial score (nSPS) is 10.5. The Balaban J connectivity index is 2.86. The molecule has 0 unspecified atom stereocenters. The van der Waals surface area contributed by atoms with Crippen LogP contribution in [0.4, 0.5) is 0 Å². The molecule has 0 aliphatic rings. The molecule has 0 fully saturated rings. The molecule has 0 bridgehead atoms. The van der Waals surface area contributed by atoms with Crippen molar-refractivity contribution in [3.63, 3.8) is 0 Å². The van der Waals surface area contributed by atoms with Gasteiger partial charge in [-0.25, -0.2) is 4.98 Å². The molecule has 10 heavy (non-hydrogen) atoms. The Bertz CT molecular complexity index is 355. The van der Waals surface area contributed by atoms with E-state index in [2.05, 4.69) is 15.4 Å². The second kappa shape index (κ2) is 1.76. The molecule has 2 aromatic rings. The SMILES string of the molecule is Cc1ccc2nnoc2n1. The highest BCUT2D eigenvalue weighted by Gasteiger charge is 1.98. The van der Waals surface area contributed by atoms with Gasteiger partial charge in [-0.3, -0.25) is 0 Å². The first-order chi connectivity index (χ1) is 4.86. The molecule has 0 N–H and O–H groups in total. The molecule has 0 spiro atoms. The van der Waals surface area contributed by atoms with Crippen LogP contribution >= 0.6 is 0 Å². The summed E-state index contributed by atoms with van der Waals surface area (Å²) in [5.74, 6) is 0. The van der Waals surface area contributed by atoms with Crippen molar-refractivity contribution in [1.29, 1.82) is 0 Å². The van der Waals surface area contributed by atoms with E-state index in [4.69, 9.17) is 4.52 Å². The van der Waals surface area contributed by atoms with Crippen LogP contribution < -0.4 is 0 Å². The summed E-state index contributed by atoms with van der Waals surface area (Å²) >= 11 is 0. The van der Waals surface area contributed by atoms with Crippen molar-refractivity contribution < 1.29 is 4.52 Å². The van der Waals surface area contributed by atoms with Crippen molar-refractivity contribution in [1.82, 2.24) is 15.4 Å². The lowest BCUT2D eigenvalue weighted by Gasteiger charge is -1.85. The second-order valence-electron chi connectivity index (χ2n) is 2.05. The third kappa shape index (κ3) is 0.655. The molecular formula is C6H5N3O. The molecule has 0 aromatic carbocycles. The van der Waals surface area contributed by atoms with Crippen LogP contribution in [0, 0.1) is 6.92 Å². The molecule has 0 saturated heterocycles. The predicted molar refractivity (Wildman–Crippen MR) is 34.3 cm³/mol. The predicted octanol–water partition coefficient (Wildman–Crippen LogP) is 0.926. The van der Waals surface area contributed by atoms with Crippen LogP contribution in [0.1, 0.15) is 5.69 Å². The first-order valence-corrected chi connectivity index (χ1v) is 2.92. The van der Waals surface area contributed by atoms with E-state index in [1.54, 1.807) is 0 Å². The van der Waals surface area contributed by atoms with Gasteiger partial charge < -0.3 is 4.52 Å². The van der Waals surface area contributed by atoms with Crippen molar-refractivity contribution >= 4 is 11.2 Å². The van der Waals surface area contributed by atoms with Gasteiger partial charge in [0, 0.05) is 11.0 Å². The van der Waals surface area contributed by atoms with Gasteiger partial charge in [0.15, 0.2) is 5.52 Å². The van der Waals surface area contributed by atoms with E-state index in [9.17, 15) is 0 Å². The van der Waals surface area contributed by atoms with Crippen LogP contribution in [0.5, 0.6) is 0 Å². The van der Waals surface area contributed by atoms with E-state index in [0.717, 1.165) is 5.69 Å². The minimum absolute atomic E-state index is 0.500. The van der Waals surface area contributed by atoms with Crippen molar-refractivity contribution in [3.05, 3.63) is 17.8 Å². The summed E-state index contributed by atoms with van der Waals surface area (Å²) in [5, 5.41) is 7.04. The quantitative estimate of drug-likeness (QED) is 0.539. The molecule has 0 amide bonds. The van der Waals surface area contributed by atoms with E-state index in [1.165, 1.54) is 0 Å². The summed E-state index contributed by atoms with van der Waals surface area (Å²) in [7, 11) is 0. The number of pyridine rings is 1. The second-order valence-corrected chi connectivity index (χ2v) is 2.05. The molecule has 0 aliphatic carbocycles. The summed E-state index contributed by atoms with van der Waals surface area (Å²) in [5.41, 5.74) is 2.11. The molecule has 50 valence electrons. The number of aromatic nitrogens is 3. The highest BCUT2D eigenvalue weighted by atomic mass is 16.5. The Morgan fingerprint density at radius 1 is 1.40 bits per heavy atom. The molecule has 0 atom stereocenters. The summed E-state index contributed by atoms with van der Waals surface area (Å²) in [6, 6.07) is 3.70. The summed E-state index contributed by atoms with van der Waals surface area (Å²) in [6.45, 7) is 1.89. The van der Waals surface area contributed by atoms with Gasteiger partial charge >= 0.3 is 0 Å². The number of hydrogen-bond donors (Lipinski definition) is 0. The summed E-state index contributed by atoms with van der Waals surface area (Å²) in [4.78, 5) is 4.04. The first kappa shape index (κ1) is 5.34. The fraction of sp³-hybridized carbons (Fsp3) is 0.167. The first-order valence-electron chi connectivity index (χ1n) is 2.92. The average Bonchev–Trinajstić information content (AvgIpc) is 2.33. The lowest BCUT2D eigenvalue weighted by molar-refractivity contribution is 0.417. The van der Waals surface area contributed by atoms with Crippen molar-refractivity contribution in [3.8, 4) is 0 Å². The van der Waals surface area contributed by atoms with Crippen LogP contribution in [0.25, 0.3) is 11.2 Å². The summed E-state index contributed by atoms with van der Waals surface area (Å²) in [6.07, 6.45) is 0. The van der Waals surface area contributed by atoms with E-state index in [0.29, 0.717) is 11.2 Å². The van der Waals surface area contributed by atoms with E-state index in [-0.39, 0.29) is 0 Å². The lowest BCUT2D eigenvalue weighted by atomic mass is 10.4. The maximum Gasteiger partial charge on any atom is 0.278 e. The van der Waals surface area contributed by atoms with E-state index < -0.39 is 0 Å². The van der Waals surface area contributed by atoms with Crippen molar-refractivity contribution in [2.45, 2.75) is 6.92 Å². The van der Waals surface area contributed by atoms with Gasteiger partial charge in [0.1, 0.15) is 0 Å². The third-order valence-corrected chi connectivity index (χ3v) is 1.26. The fourth-order valence-electron chi connectivity index (χ4n) is 0.772. The zero-order chi connectivity index (χ0) is 6.97. The number of rotatable bonds is 0. The largest absolute Gasteiger partial charge is 0.316 e. The Morgan fingerprint density at radius 2 is 2.30 bits per heavy atom. The number of hydrogen-bond acceptors (Lipinski definition) is 4. The summed E-state index contributed by atoms with van der Waals surface area (Å²) < 4.78 is 4.73. The molecule has 0 saturated carbocycles. The zero-order valence-electron chi connectivity index (χ0n) is 5.40. The Morgan fingerprint density at radius 3 is 3.20 bits per heavy atom. The number of fused-ring (bicyclic) bond motifs is 1. The number of nitrogens with zero attached hydrogens (tertiary/aromatic N) is 3. The molecule has 2 rings (SSSR count). The molecule has 4 nitrogen and oxygen atoms in total. The highest BCUT2D eigenvalue weighted by Crippen LogP contribution is 2.06. The Hall–Kier alpha value is -1.45. The minimum Gasteiger partial charge on any atom is -0.316 e. The fourth-order valence-corrected chi connectivity index (χ4v) is 0.772. The molecule has 0 aliphatic heterocycles. The Labute approximate surface area is 56.9 Å². The van der Waals surface area contributed by atoms with E-state index in [1.807, 2.05) is 19.1 Å². The van der Waals surface area contributed by atoms with Crippen LogP contribution in [0.15, 0.2) is 16.7 Å². The van der Waals surface area contributed by atoms with Crippen LogP contribution in [0.2, 0.25) is 0 Å². The van der Waals surface area contributed by atoms with Crippen LogP contribution in [-0.2, 0) is 0 Å². The van der Waals surface area contributed by atoms with Gasteiger partial charge in [0.2, 0.25) is 0 Å². The van der Waals surface area contributed by atoms with Gasteiger partial charge in [-0.05, 0) is 19.1 Å². The van der Waals surface area contributed by atoms with Crippen LogP contribution in [0.3, 0.4) is 0 Å². The third-order valence-electron chi connectivity index (χ3n) is 1.26. The standard InChI is InChI=1S/C6H5N3O/c1-4-2-3-5-6(7-4)10-9-8-5/h2-3H,1H3. The zero-order valence-corrected chi connectivity index (χ0v) is 5.40. The van der Waals surface area contributed by atoms with Gasteiger partial charge in [-0.1, -0.05) is 0 Å². The van der Waals surface area contributed by atoms with E-state index >= 15 is 0 Å². The highest BCUT2D eigenvalue weighted by molar-refractivity contribution is 5.66. The average molecular weight is 135 g/mol. The van der Waals surface area contributed by atoms with Gasteiger partial charge in [-0.15, -0.1) is 5.10 Å². The lowest BCUT2D eigenvalue weighted by Crippen LogP contribution is -1.78. The van der Waals surface area contributed by atoms with Crippen molar-refractivity contribution in [2.75, 3.05) is 0 Å². The molecule has 4 heteroatoms. The minimum atomic E-state index is 0.500. The van der Waals surface area contributed by atoms with Gasteiger partial charge in [0.25, 0.3) is 5.71 Å². The maximum absolute atomic E-state index is 4.73. The van der Waals surface area contributed by atoms with Crippen LogP contribution in [-0.4, -0.2) is 15.4 Å². The number of aryl methyl sites for hydroxylation is 1. The van der Waals surface area contributed by atoms with Gasteiger partial charge in [0.05, 0.1) is 0 Å². The monoisotopic (exact) mass is 135 g/mol. The Kier molecular flexibility index (Phi) is 0.943. The maximum atomic E-state index is 4.73. The van der Waals surface area contributed by atoms with Gasteiger partial charge in [-0.2, -0.15) is 0 Å². The molecule has 2 heterocycles. The topological polar surface area (TPSA) is 51.8 Å². The molecular weight excluding hydrogens is 130 g/mol. The molecule has 2 aromatic heterocycles. The van der Waals surface area contributed by atoms with Crippen molar-refractivity contribution in [2.24, 2.45) is 0 Å².